The number of methoxy groups -OCH3 is 1. The van der Waals surface area contributed by atoms with E-state index in [4.69, 9.17) is 9.47 Å². The minimum atomic E-state index is -0.438. The number of aromatic nitrogens is 1. The molecule has 3 amide bonds. The van der Waals surface area contributed by atoms with Crippen LogP contribution in [0.15, 0.2) is 41.0 Å². The summed E-state index contributed by atoms with van der Waals surface area (Å²) in [4.78, 5) is 33.5. The van der Waals surface area contributed by atoms with E-state index in [9.17, 15) is 14.7 Å². The van der Waals surface area contributed by atoms with Gasteiger partial charge in [-0.3, -0.25) is 4.79 Å². The van der Waals surface area contributed by atoms with Crippen LogP contribution < -0.4 is 14.8 Å². The van der Waals surface area contributed by atoms with Crippen molar-refractivity contribution in [2.45, 2.75) is 26.0 Å². The Kier molecular flexibility index (Phi) is 8.15. The van der Waals surface area contributed by atoms with E-state index in [0.717, 1.165) is 0 Å². The Hall–Kier alpha value is -2.85. The minimum absolute atomic E-state index is 0.136. The highest BCUT2D eigenvalue weighted by molar-refractivity contribution is 9.10. The van der Waals surface area contributed by atoms with Crippen molar-refractivity contribution in [2.24, 2.45) is 5.92 Å². The van der Waals surface area contributed by atoms with Crippen LogP contribution in [0.5, 0.6) is 11.6 Å². The quantitative estimate of drug-likeness (QED) is 0.605. The number of ether oxygens (including phenoxy) is 2. The standard InChI is InChI=1S/C23H29BrN4O5/c1-14-11-28(15(2)13-29)22(30)17-9-16(24)10-25-21(17)33-20(14)12-27(3)23(31)26-18-7-5-6-8-19(18)32-4/h5-10,14-15,20,29H,11-13H2,1-4H3,(H,26,31)/t14-,15+,20-/m1/s1. The average Bonchev–Trinajstić information content (AvgIpc) is 2.81. The lowest BCUT2D eigenvalue weighted by Crippen LogP contribution is -2.50. The lowest BCUT2D eigenvalue weighted by Gasteiger charge is -2.37. The number of likely N-dealkylation sites (N-methyl/N-ethyl adjacent to an activating group) is 1. The Bertz CT molecular complexity index is 1000. The normalized spacial score (nSPS) is 19.0. The fourth-order valence-electron chi connectivity index (χ4n) is 3.61. The second kappa shape index (κ2) is 10.8. The van der Waals surface area contributed by atoms with Gasteiger partial charge in [-0.15, -0.1) is 0 Å². The van der Waals surface area contributed by atoms with E-state index in [-0.39, 0.29) is 42.9 Å². The van der Waals surface area contributed by atoms with Crippen molar-refractivity contribution in [2.75, 3.05) is 39.2 Å². The summed E-state index contributed by atoms with van der Waals surface area (Å²) in [6.07, 6.45) is 1.13. The first kappa shape index (κ1) is 24.8. The molecule has 1 aromatic carbocycles. The van der Waals surface area contributed by atoms with Gasteiger partial charge in [-0.1, -0.05) is 19.1 Å². The molecule has 2 heterocycles. The van der Waals surface area contributed by atoms with Crippen molar-refractivity contribution >= 4 is 33.6 Å². The van der Waals surface area contributed by atoms with E-state index in [0.29, 0.717) is 28.0 Å². The van der Waals surface area contributed by atoms with Crippen molar-refractivity contribution in [1.29, 1.82) is 0 Å². The van der Waals surface area contributed by atoms with E-state index in [1.165, 1.54) is 4.90 Å². The van der Waals surface area contributed by atoms with Gasteiger partial charge in [0.05, 0.1) is 32.0 Å². The van der Waals surface area contributed by atoms with Crippen molar-refractivity contribution in [1.82, 2.24) is 14.8 Å². The molecular formula is C23H29BrN4O5. The van der Waals surface area contributed by atoms with Crippen molar-refractivity contribution in [3.05, 3.63) is 46.6 Å². The number of rotatable bonds is 6. The molecular weight excluding hydrogens is 492 g/mol. The number of hydrogen-bond acceptors (Lipinski definition) is 6. The largest absolute Gasteiger partial charge is 0.495 e. The fraction of sp³-hybridized carbons (Fsp3) is 0.435. The number of amides is 3. The summed E-state index contributed by atoms with van der Waals surface area (Å²) in [6, 6.07) is 8.13. The van der Waals surface area contributed by atoms with Crippen LogP contribution in [0.2, 0.25) is 0 Å². The molecule has 10 heteroatoms. The summed E-state index contributed by atoms with van der Waals surface area (Å²) in [5.41, 5.74) is 0.872. The van der Waals surface area contributed by atoms with E-state index >= 15 is 0 Å². The van der Waals surface area contributed by atoms with Crippen LogP contribution in [0, 0.1) is 5.92 Å². The van der Waals surface area contributed by atoms with Crippen LogP contribution in [0.3, 0.4) is 0 Å². The molecule has 2 aromatic rings. The number of aliphatic hydroxyl groups is 1. The average molecular weight is 521 g/mol. The van der Waals surface area contributed by atoms with Crippen molar-refractivity contribution in [3.63, 3.8) is 0 Å². The first-order valence-corrected chi connectivity index (χ1v) is 11.4. The van der Waals surface area contributed by atoms with E-state index < -0.39 is 6.10 Å². The molecule has 3 rings (SSSR count). The molecule has 9 nitrogen and oxygen atoms in total. The van der Waals surface area contributed by atoms with Gasteiger partial charge in [-0.05, 0) is 41.1 Å². The Labute approximate surface area is 201 Å². The molecule has 3 atom stereocenters. The van der Waals surface area contributed by atoms with Gasteiger partial charge in [0, 0.05) is 30.2 Å². The van der Waals surface area contributed by atoms with Gasteiger partial charge in [-0.2, -0.15) is 0 Å². The molecule has 0 fully saturated rings. The second-order valence-electron chi connectivity index (χ2n) is 8.14. The summed E-state index contributed by atoms with van der Waals surface area (Å²) < 4.78 is 12.1. The third-order valence-corrected chi connectivity index (χ3v) is 6.07. The van der Waals surface area contributed by atoms with Gasteiger partial charge in [0.15, 0.2) is 0 Å². The molecule has 0 saturated heterocycles. The van der Waals surface area contributed by atoms with Gasteiger partial charge in [0.25, 0.3) is 5.91 Å². The fourth-order valence-corrected chi connectivity index (χ4v) is 3.94. The third-order valence-electron chi connectivity index (χ3n) is 5.64. The van der Waals surface area contributed by atoms with Crippen LogP contribution in [0.25, 0.3) is 0 Å². The zero-order chi connectivity index (χ0) is 24.1. The number of anilines is 1. The Morgan fingerprint density at radius 3 is 2.88 bits per heavy atom. The molecule has 1 aliphatic heterocycles. The zero-order valence-corrected chi connectivity index (χ0v) is 20.7. The number of nitrogens with one attached hydrogen (secondary N) is 1. The van der Waals surface area contributed by atoms with E-state index in [1.54, 1.807) is 50.4 Å². The van der Waals surface area contributed by atoms with Crippen LogP contribution in [0.1, 0.15) is 24.2 Å². The van der Waals surface area contributed by atoms with Crippen LogP contribution in [-0.4, -0.2) is 77.8 Å². The lowest BCUT2D eigenvalue weighted by molar-refractivity contribution is 0.0356. The first-order valence-electron chi connectivity index (χ1n) is 10.6. The number of hydrogen-bond donors (Lipinski definition) is 2. The molecule has 0 saturated carbocycles. The molecule has 33 heavy (non-hydrogen) atoms. The highest BCUT2D eigenvalue weighted by Crippen LogP contribution is 2.29. The number of carbonyl (C=O) groups excluding carboxylic acids is 2. The summed E-state index contributed by atoms with van der Waals surface area (Å²) in [6.45, 7) is 4.20. The van der Waals surface area contributed by atoms with Gasteiger partial charge in [0.1, 0.15) is 17.4 Å². The maximum Gasteiger partial charge on any atom is 0.321 e. The number of para-hydroxylation sites is 2. The molecule has 0 radical (unpaired) electrons. The Morgan fingerprint density at radius 1 is 1.45 bits per heavy atom. The lowest BCUT2D eigenvalue weighted by atomic mass is 10.0. The smallest absolute Gasteiger partial charge is 0.321 e. The predicted molar refractivity (Wildman–Crippen MR) is 128 cm³/mol. The zero-order valence-electron chi connectivity index (χ0n) is 19.1. The molecule has 0 unspecified atom stereocenters. The Balaban J connectivity index is 1.83. The number of carbonyl (C=O) groups is 2. The third kappa shape index (κ3) is 5.75. The van der Waals surface area contributed by atoms with Crippen LogP contribution >= 0.6 is 15.9 Å². The minimum Gasteiger partial charge on any atom is -0.495 e. The number of nitrogens with zero attached hydrogens (tertiary/aromatic N) is 3. The number of urea groups is 1. The van der Waals surface area contributed by atoms with Gasteiger partial charge in [0.2, 0.25) is 5.88 Å². The molecule has 178 valence electrons. The summed E-state index contributed by atoms with van der Waals surface area (Å²) >= 11 is 3.36. The second-order valence-corrected chi connectivity index (χ2v) is 9.06. The Morgan fingerprint density at radius 2 is 2.18 bits per heavy atom. The van der Waals surface area contributed by atoms with Crippen LogP contribution in [-0.2, 0) is 0 Å². The van der Waals surface area contributed by atoms with E-state index in [2.05, 4.69) is 26.2 Å². The highest BCUT2D eigenvalue weighted by Gasteiger charge is 2.34. The summed E-state index contributed by atoms with van der Waals surface area (Å²) in [5.74, 6) is 0.370. The SMILES string of the molecule is COc1ccccc1NC(=O)N(C)C[C@H]1Oc2ncc(Br)cc2C(=O)N([C@@H](C)CO)C[C@H]1C. The van der Waals surface area contributed by atoms with Gasteiger partial charge in [-0.25, -0.2) is 9.78 Å². The highest BCUT2D eigenvalue weighted by atomic mass is 79.9. The van der Waals surface area contributed by atoms with E-state index in [1.807, 2.05) is 19.1 Å². The van der Waals surface area contributed by atoms with Crippen molar-refractivity contribution in [3.8, 4) is 11.6 Å². The van der Waals surface area contributed by atoms with Crippen LogP contribution in [0.4, 0.5) is 10.5 Å². The summed E-state index contributed by atoms with van der Waals surface area (Å²) in [7, 11) is 3.22. The predicted octanol–water partition coefficient (Wildman–Crippen LogP) is 3.24. The maximum absolute atomic E-state index is 13.2. The van der Waals surface area contributed by atoms with Gasteiger partial charge < -0.3 is 29.7 Å². The summed E-state index contributed by atoms with van der Waals surface area (Å²) in [5, 5.41) is 12.6. The molecule has 0 spiro atoms. The number of fused-ring (bicyclic) bond motifs is 1. The van der Waals surface area contributed by atoms with Gasteiger partial charge >= 0.3 is 6.03 Å². The molecule has 0 bridgehead atoms. The number of pyridine rings is 1. The number of aliphatic hydroxyl groups excluding tert-OH is 1. The maximum atomic E-state index is 13.2. The molecule has 1 aromatic heterocycles. The number of halogens is 1. The number of benzene rings is 1. The first-order chi connectivity index (χ1) is 15.7. The molecule has 0 aliphatic carbocycles. The van der Waals surface area contributed by atoms with Crippen molar-refractivity contribution < 1.29 is 24.2 Å². The molecule has 2 N–H and O–H groups in total. The topological polar surface area (TPSA) is 104 Å². The molecule has 1 aliphatic rings. The monoisotopic (exact) mass is 520 g/mol.